The van der Waals surface area contributed by atoms with Gasteiger partial charge in [0.25, 0.3) is 5.91 Å². The molecule has 1 N–H and O–H groups in total. The van der Waals surface area contributed by atoms with Crippen LogP contribution < -0.4 is 5.32 Å². The van der Waals surface area contributed by atoms with E-state index in [2.05, 4.69) is 28.7 Å². The predicted molar refractivity (Wildman–Crippen MR) is 117 cm³/mol. The second-order valence-electron chi connectivity index (χ2n) is 7.88. The molecular formula is C22H26N4O2S. The Labute approximate surface area is 174 Å². The maximum Gasteiger partial charge on any atom is 0.256 e. The van der Waals surface area contributed by atoms with Crippen molar-refractivity contribution in [3.63, 3.8) is 0 Å². The predicted octanol–water partition coefficient (Wildman–Crippen LogP) is 4.54. The fraction of sp³-hybridized carbons (Fsp3) is 0.409. The number of hydrogen-bond donors (Lipinski definition) is 1. The summed E-state index contributed by atoms with van der Waals surface area (Å²) in [6.07, 6.45) is 1.50. The molecule has 2 aromatic heterocycles. The van der Waals surface area contributed by atoms with Crippen LogP contribution in [-0.2, 0) is 4.79 Å². The zero-order valence-corrected chi connectivity index (χ0v) is 18.0. The molecule has 2 amide bonds. The molecule has 1 unspecified atom stereocenters. The fourth-order valence-electron chi connectivity index (χ4n) is 4.34. The van der Waals surface area contributed by atoms with Crippen molar-refractivity contribution in [2.45, 2.75) is 52.6 Å². The highest BCUT2D eigenvalue weighted by Crippen LogP contribution is 2.28. The highest BCUT2D eigenvalue weighted by atomic mass is 32.1. The normalized spacial score (nSPS) is 16.7. The van der Waals surface area contributed by atoms with E-state index in [0.29, 0.717) is 23.7 Å². The van der Waals surface area contributed by atoms with Crippen molar-refractivity contribution >= 4 is 38.5 Å². The maximum atomic E-state index is 13.3. The Morgan fingerprint density at radius 2 is 2.00 bits per heavy atom. The molecule has 1 aliphatic rings. The number of nitrogens with zero attached hydrogens (tertiary/aromatic N) is 3. The lowest BCUT2D eigenvalue weighted by Crippen LogP contribution is -2.43. The Bertz CT molecular complexity index is 1050. The minimum Gasteiger partial charge on any atom is -0.346 e. The SMILES string of the molecule is Cc1cc(C(=O)N2CCCC2C(=O)Nc2nc3ccccc3s2)c(C)n1C(C)C. The van der Waals surface area contributed by atoms with E-state index in [1.807, 2.05) is 44.2 Å². The van der Waals surface area contributed by atoms with Crippen LogP contribution in [0.1, 0.15) is 54.5 Å². The van der Waals surface area contributed by atoms with Crippen molar-refractivity contribution in [3.05, 3.63) is 47.3 Å². The Morgan fingerprint density at radius 3 is 2.69 bits per heavy atom. The number of hydrogen-bond acceptors (Lipinski definition) is 4. The second kappa shape index (κ2) is 7.63. The van der Waals surface area contributed by atoms with Crippen LogP contribution in [0.3, 0.4) is 0 Å². The molecule has 3 heterocycles. The van der Waals surface area contributed by atoms with E-state index in [1.54, 1.807) is 4.90 Å². The quantitative estimate of drug-likeness (QED) is 0.687. The van der Waals surface area contributed by atoms with Crippen LogP contribution in [0.25, 0.3) is 10.2 Å². The van der Waals surface area contributed by atoms with Crippen molar-refractivity contribution in [1.82, 2.24) is 14.5 Å². The van der Waals surface area contributed by atoms with E-state index in [4.69, 9.17) is 0 Å². The molecule has 1 atom stereocenters. The summed E-state index contributed by atoms with van der Waals surface area (Å²) in [4.78, 5) is 32.4. The number of rotatable bonds is 4. The summed E-state index contributed by atoms with van der Waals surface area (Å²) < 4.78 is 3.20. The van der Waals surface area contributed by atoms with E-state index >= 15 is 0 Å². The number of thiazole rings is 1. The standard InChI is InChI=1S/C22H26N4O2S/c1-13(2)26-14(3)12-16(15(26)4)21(28)25-11-7-9-18(25)20(27)24-22-23-17-8-5-6-10-19(17)29-22/h5-6,8,10,12-13,18H,7,9,11H2,1-4H3,(H,23,24,27). The van der Waals surface area contributed by atoms with Gasteiger partial charge in [-0.2, -0.15) is 0 Å². The average molecular weight is 411 g/mol. The molecule has 1 aliphatic heterocycles. The molecule has 29 heavy (non-hydrogen) atoms. The third kappa shape index (κ3) is 3.55. The molecule has 6 nitrogen and oxygen atoms in total. The number of carbonyl (C=O) groups excluding carboxylic acids is 2. The first-order chi connectivity index (χ1) is 13.9. The van der Waals surface area contributed by atoms with Gasteiger partial charge in [0.15, 0.2) is 5.13 Å². The molecule has 0 saturated carbocycles. The molecule has 1 aromatic carbocycles. The highest BCUT2D eigenvalue weighted by molar-refractivity contribution is 7.22. The van der Waals surface area contributed by atoms with Crippen LogP contribution >= 0.6 is 11.3 Å². The third-order valence-corrected chi connectivity index (χ3v) is 6.52. The van der Waals surface area contributed by atoms with Gasteiger partial charge in [-0.1, -0.05) is 23.5 Å². The van der Waals surface area contributed by atoms with Gasteiger partial charge < -0.3 is 14.8 Å². The lowest BCUT2D eigenvalue weighted by Gasteiger charge is -2.24. The molecule has 1 saturated heterocycles. The minimum atomic E-state index is -0.461. The average Bonchev–Trinajstić information content (AvgIpc) is 3.37. The monoisotopic (exact) mass is 410 g/mol. The van der Waals surface area contributed by atoms with Crippen molar-refractivity contribution < 1.29 is 9.59 Å². The Hall–Kier alpha value is -2.67. The number of benzene rings is 1. The summed E-state index contributed by atoms with van der Waals surface area (Å²) >= 11 is 1.45. The summed E-state index contributed by atoms with van der Waals surface area (Å²) in [5.41, 5.74) is 3.58. The van der Waals surface area contributed by atoms with E-state index in [0.717, 1.165) is 28.0 Å². The van der Waals surface area contributed by atoms with Crippen LogP contribution in [-0.4, -0.2) is 38.9 Å². The molecule has 0 spiro atoms. The van der Waals surface area contributed by atoms with E-state index in [9.17, 15) is 9.59 Å². The molecule has 3 aromatic rings. The summed E-state index contributed by atoms with van der Waals surface area (Å²) in [6.45, 7) is 8.82. The summed E-state index contributed by atoms with van der Waals surface area (Å²) in [5, 5.41) is 3.51. The number of aryl methyl sites for hydroxylation is 1. The molecule has 4 rings (SSSR count). The minimum absolute atomic E-state index is 0.0630. The number of aromatic nitrogens is 2. The van der Waals surface area contributed by atoms with Crippen LogP contribution in [0.5, 0.6) is 0 Å². The lowest BCUT2D eigenvalue weighted by molar-refractivity contribution is -0.119. The van der Waals surface area contributed by atoms with Crippen molar-refractivity contribution in [1.29, 1.82) is 0 Å². The Balaban J connectivity index is 1.54. The smallest absolute Gasteiger partial charge is 0.256 e. The van der Waals surface area contributed by atoms with Gasteiger partial charge in [-0.05, 0) is 58.7 Å². The maximum absolute atomic E-state index is 13.3. The first-order valence-electron chi connectivity index (χ1n) is 10.0. The first-order valence-corrected chi connectivity index (χ1v) is 10.8. The molecule has 0 bridgehead atoms. The zero-order valence-electron chi connectivity index (χ0n) is 17.2. The van der Waals surface area contributed by atoms with Crippen molar-refractivity contribution in [3.8, 4) is 0 Å². The number of likely N-dealkylation sites (tertiary alicyclic amines) is 1. The third-order valence-electron chi connectivity index (χ3n) is 5.57. The summed E-state index contributed by atoms with van der Waals surface area (Å²) in [7, 11) is 0. The van der Waals surface area contributed by atoms with Crippen molar-refractivity contribution in [2.24, 2.45) is 0 Å². The second-order valence-corrected chi connectivity index (χ2v) is 8.91. The molecule has 0 radical (unpaired) electrons. The lowest BCUT2D eigenvalue weighted by atomic mass is 10.1. The van der Waals surface area contributed by atoms with Gasteiger partial charge in [-0.15, -0.1) is 0 Å². The summed E-state index contributed by atoms with van der Waals surface area (Å²) in [6, 6.07) is 9.56. The Morgan fingerprint density at radius 1 is 1.24 bits per heavy atom. The van der Waals surface area contributed by atoms with Crippen molar-refractivity contribution in [2.75, 3.05) is 11.9 Å². The van der Waals surface area contributed by atoms with Gasteiger partial charge in [-0.25, -0.2) is 4.98 Å². The van der Waals surface area contributed by atoms with Crippen LogP contribution in [0.2, 0.25) is 0 Å². The van der Waals surface area contributed by atoms with E-state index < -0.39 is 6.04 Å². The number of fused-ring (bicyclic) bond motifs is 1. The highest BCUT2D eigenvalue weighted by Gasteiger charge is 2.36. The van der Waals surface area contributed by atoms with Gasteiger partial charge in [0.1, 0.15) is 6.04 Å². The topological polar surface area (TPSA) is 67.2 Å². The molecule has 1 fully saturated rings. The van der Waals surface area contributed by atoms with Gasteiger partial charge in [0.05, 0.1) is 15.8 Å². The summed E-state index contributed by atoms with van der Waals surface area (Å²) in [5.74, 6) is -0.223. The zero-order chi connectivity index (χ0) is 20.7. The van der Waals surface area contributed by atoms with Gasteiger partial charge in [0, 0.05) is 24.0 Å². The van der Waals surface area contributed by atoms with Crippen LogP contribution in [0.15, 0.2) is 30.3 Å². The Kier molecular flexibility index (Phi) is 5.17. The number of para-hydroxylation sites is 1. The molecule has 7 heteroatoms. The van der Waals surface area contributed by atoms with Gasteiger partial charge in [-0.3, -0.25) is 9.59 Å². The van der Waals surface area contributed by atoms with E-state index in [1.165, 1.54) is 11.3 Å². The molecule has 152 valence electrons. The van der Waals surface area contributed by atoms with Crippen LogP contribution in [0, 0.1) is 13.8 Å². The number of nitrogens with one attached hydrogen (secondary N) is 1. The molecule has 0 aliphatic carbocycles. The fourth-order valence-corrected chi connectivity index (χ4v) is 5.21. The number of carbonyl (C=O) groups is 2. The van der Waals surface area contributed by atoms with Gasteiger partial charge in [0.2, 0.25) is 5.91 Å². The number of amides is 2. The van der Waals surface area contributed by atoms with Crippen LogP contribution in [0.4, 0.5) is 5.13 Å². The molecular weight excluding hydrogens is 384 g/mol. The largest absolute Gasteiger partial charge is 0.346 e. The van der Waals surface area contributed by atoms with Gasteiger partial charge >= 0.3 is 0 Å². The van der Waals surface area contributed by atoms with E-state index in [-0.39, 0.29) is 17.9 Å². The first kappa shape index (κ1) is 19.6. The number of anilines is 1.